The van der Waals surface area contributed by atoms with Gasteiger partial charge >= 0.3 is 5.63 Å². The average Bonchev–Trinajstić information content (AvgIpc) is 2.66. The van der Waals surface area contributed by atoms with Crippen molar-refractivity contribution in [2.24, 2.45) is 0 Å². The highest BCUT2D eigenvalue weighted by molar-refractivity contribution is 6.31. The van der Waals surface area contributed by atoms with Gasteiger partial charge < -0.3 is 9.15 Å². The second kappa shape index (κ2) is 6.89. The Hall–Kier alpha value is -3.11. The summed E-state index contributed by atoms with van der Waals surface area (Å²) in [6, 6.07) is 17.9. The Morgan fingerprint density at radius 2 is 1.89 bits per heavy atom. The van der Waals surface area contributed by atoms with Crippen LogP contribution < -0.4 is 10.4 Å². The Morgan fingerprint density at radius 3 is 2.70 bits per heavy atom. The minimum absolute atomic E-state index is 0.123. The normalized spacial score (nSPS) is 11.0. The molecule has 0 aliphatic rings. The van der Waals surface area contributed by atoms with E-state index < -0.39 is 5.63 Å². The van der Waals surface area contributed by atoms with Crippen LogP contribution in [0.15, 0.2) is 69.9 Å². The summed E-state index contributed by atoms with van der Waals surface area (Å²) in [6.07, 6.45) is 0. The smallest absolute Gasteiger partial charge is 0.336 e. The summed E-state index contributed by atoms with van der Waals surface area (Å²) in [5.41, 5.74) is 1.16. The molecule has 0 aliphatic heterocycles. The zero-order chi connectivity index (χ0) is 19.0. The van der Waals surface area contributed by atoms with Crippen molar-refractivity contribution in [1.82, 2.24) is 0 Å². The van der Waals surface area contributed by atoms with Gasteiger partial charge in [-0.25, -0.2) is 4.79 Å². The number of ketones is 1. The van der Waals surface area contributed by atoms with Crippen LogP contribution in [0.4, 0.5) is 0 Å². The lowest BCUT2D eigenvalue weighted by Gasteiger charge is -2.12. The summed E-state index contributed by atoms with van der Waals surface area (Å²) in [4.78, 5) is 23.8. The molecule has 4 nitrogen and oxygen atoms in total. The number of ether oxygens (including phenoxy) is 1. The van der Waals surface area contributed by atoms with E-state index in [0.717, 1.165) is 16.2 Å². The van der Waals surface area contributed by atoms with Gasteiger partial charge in [-0.3, -0.25) is 4.79 Å². The number of hydrogen-bond acceptors (Lipinski definition) is 4. The molecular formula is C22H15ClO4. The summed E-state index contributed by atoms with van der Waals surface area (Å²) in [6.45, 7) is 1.58. The monoisotopic (exact) mass is 378 g/mol. The molecule has 3 aromatic carbocycles. The van der Waals surface area contributed by atoms with Crippen LogP contribution >= 0.6 is 11.6 Å². The molecule has 134 valence electrons. The molecule has 5 heteroatoms. The first-order chi connectivity index (χ1) is 13.0. The van der Waals surface area contributed by atoms with Crippen LogP contribution in [0, 0.1) is 0 Å². The number of rotatable bonds is 4. The predicted molar refractivity (Wildman–Crippen MR) is 106 cm³/mol. The van der Waals surface area contributed by atoms with Crippen LogP contribution in [0.2, 0.25) is 5.02 Å². The molecule has 0 aliphatic carbocycles. The molecule has 27 heavy (non-hydrogen) atoms. The van der Waals surface area contributed by atoms with Crippen molar-refractivity contribution >= 4 is 39.1 Å². The molecule has 0 saturated carbocycles. The van der Waals surface area contributed by atoms with Crippen molar-refractivity contribution < 1.29 is 13.9 Å². The highest BCUT2D eigenvalue weighted by Crippen LogP contribution is 2.29. The minimum Gasteiger partial charge on any atom is -0.488 e. The van der Waals surface area contributed by atoms with E-state index in [2.05, 4.69) is 0 Å². The third-order valence-electron chi connectivity index (χ3n) is 4.42. The average molecular weight is 379 g/mol. The second-order valence-corrected chi connectivity index (χ2v) is 6.67. The van der Waals surface area contributed by atoms with Gasteiger partial charge in [-0.15, -0.1) is 0 Å². The van der Waals surface area contributed by atoms with Crippen molar-refractivity contribution in [3.8, 4) is 5.75 Å². The topological polar surface area (TPSA) is 56.5 Å². The minimum atomic E-state index is -0.445. The number of hydrogen-bond donors (Lipinski definition) is 0. The molecule has 0 unspecified atom stereocenters. The first-order valence-electron chi connectivity index (χ1n) is 8.41. The molecule has 1 aromatic heterocycles. The maximum absolute atomic E-state index is 12.0. The molecule has 4 aromatic rings. The Morgan fingerprint density at radius 1 is 1.07 bits per heavy atom. The number of carbonyl (C=O) groups excluding carboxylic acids is 1. The number of benzene rings is 3. The molecule has 0 fully saturated rings. The fourth-order valence-corrected chi connectivity index (χ4v) is 3.36. The van der Waals surface area contributed by atoms with Gasteiger partial charge in [0, 0.05) is 22.0 Å². The van der Waals surface area contributed by atoms with E-state index in [1.165, 1.54) is 13.0 Å². The van der Waals surface area contributed by atoms with Gasteiger partial charge in [0.25, 0.3) is 0 Å². The summed E-state index contributed by atoms with van der Waals surface area (Å²) in [7, 11) is 0. The quantitative estimate of drug-likeness (QED) is 0.272. The van der Waals surface area contributed by atoms with Crippen molar-refractivity contribution in [2.45, 2.75) is 13.5 Å². The Labute approximate surface area is 159 Å². The van der Waals surface area contributed by atoms with Crippen LogP contribution in [-0.4, -0.2) is 5.78 Å². The lowest BCUT2D eigenvalue weighted by atomic mass is 10.0. The fraction of sp³-hybridized carbons (Fsp3) is 0.0909. The number of fused-ring (bicyclic) bond motifs is 3. The van der Waals surface area contributed by atoms with Crippen LogP contribution in [0.3, 0.4) is 0 Å². The van der Waals surface area contributed by atoms with Gasteiger partial charge in [0.1, 0.15) is 17.9 Å². The number of Topliss-reactive ketones (excluding diaryl/α,β-unsaturated/α-hetero) is 1. The summed E-state index contributed by atoms with van der Waals surface area (Å²) in [5.74, 6) is 0.281. The van der Waals surface area contributed by atoms with Gasteiger partial charge in [0.2, 0.25) is 0 Å². The van der Waals surface area contributed by atoms with Gasteiger partial charge in [0.15, 0.2) is 5.78 Å². The Bertz CT molecular complexity index is 1240. The van der Waals surface area contributed by atoms with E-state index in [4.69, 9.17) is 20.8 Å². The first-order valence-corrected chi connectivity index (χ1v) is 8.78. The van der Waals surface area contributed by atoms with Crippen LogP contribution in [0.25, 0.3) is 21.7 Å². The number of carbonyl (C=O) groups is 1. The highest BCUT2D eigenvalue weighted by Gasteiger charge is 2.13. The van der Waals surface area contributed by atoms with E-state index in [0.29, 0.717) is 27.5 Å². The Balaban J connectivity index is 1.82. The zero-order valence-corrected chi connectivity index (χ0v) is 15.2. The van der Waals surface area contributed by atoms with Gasteiger partial charge in [-0.2, -0.15) is 0 Å². The molecule has 0 spiro atoms. The van der Waals surface area contributed by atoms with Crippen LogP contribution in [0.5, 0.6) is 5.75 Å². The van der Waals surface area contributed by atoms with Gasteiger partial charge in [-0.05, 0) is 42.0 Å². The molecule has 0 atom stereocenters. The SMILES string of the molecule is CC(=O)c1cc(Cl)ccc1OCc1cc(=O)oc2ccc3ccccc3c12. The third kappa shape index (κ3) is 3.32. The zero-order valence-electron chi connectivity index (χ0n) is 14.5. The van der Waals surface area contributed by atoms with Crippen molar-refractivity contribution in [3.63, 3.8) is 0 Å². The van der Waals surface area contributed by atoms with Crippen molar-refractivity contribution in [2.75, 3.05) is 0 Å². The van der Waals surface area contributed by atoms with E-state index in [-0.39, 0.29) is 12.4 Å². The number of halogens is 1. The predicted octanol–water partition coefficient (Wildman–Crippen LogP) is 5.38. The molecular weight excluding hydrogens is 364 g/mol. The first kappa shape index (κ1) is 17.3. The van der Waals surface area contributed by atoms with Gasteiger partial charge in [-0.1, -0.05) is 41.9 Å². The van der Waals surface area contributed by atoms with E-state index in [1.807, 2.05) is 30.3 Å². The largest absolute Gasteiger partial charge is 0.488 e. The molecule has 1 heterocycles. The van der Waals surface area contributed by atoms with E-state index >= 15 is 0 Å². The lowest BCUT2D eigenvalue weighted by Crippen LogP contribution is -2.06. The maximum Gasteiger partial charge on any atom is 0.336 e. The van der Waals surface area contributed by atoms with Crippen LogP contribution in [-0.2, 0) is 6.61 Å². The summed E-state index contributed by atoms with van der Waals surface area (Å²) < 4.78 is 11.2. The standard InChI is InChI=1S/C22H15ClO4/c1-13(24)18-11-16(23)7-9-19(18)26-12-15-10-21(25)27-20-8-6-14-4-2-3-5-17(14)22(15)20/h2-11H,12H2,1H3. The summed E-state index contributed by atoms with van der Waals surface area (Å²) >= 11 is 5.98. The Kier molecular flexibility index (Phi) is 4.42. The molecule has 0 saturated heterocycles. The van der Waals surface area contributed by atoms with E-state index in [9.17, 15) is 9.59 Å². The molecule has 0 N–H and O–H groups in total. The molecule has 0 amide bonds. The molecule has 0 radical (unpaired) electrons. The molecule has 4 rings (SSSR count). The highest BCUT2D eigenvalue weighted by atomic mass is 35.5. The van der Waals surface area contributed by atoms with Crippen molar-refractivity contribution in [3.05, 3.63) is 87.2 Å². The van der Waals surface area contributed by atoms with E-state index in [1.54, 1.807) is 24.3 Å². The second-order valence-electron chi connectivity index (χ2n) is 6.24. The fourth-order valence-electron chi connectivity index (χ4n) is 3.19. The third-order valence-corrected chi connectivity index (χ3v) is 4.65. The summed E-state index contributed by atoms with van der Waals surface area (Å²) in [5, 5.41) is 3.30. The lowest BCUT2D eigenvalue weighted by molar-refractivity contribution is 0.101. The van der Waals surface area contributed by atoms with Crippen molar-refractivity contribution in [1.29, 1.82) is 0 Å². The van der Waals surface area contributed by atoms with Crippen LogP contribution in [0.1, 0.15) is 22.8 Å². The van der Waals surface area contributed by atoms with Gasteiger partial charge in [0.05, 0.1) is 5.56 Å². The maximum atomic E-state index is 12.0. The molecule has 0 bridgehead atoms.